The number of carbonyl (C=O) groups is 3. The van der Waals surface area contributed by atoms with E-state index in [4.69, 9.17) is 4.42 Å². The molecule has 0 aliphatic heterocycles. The van der Waals surface area contributed by atoms with Gasteiger partial charge in [0.1, 0.15) is 6.04 Å². The Labute approximate surface area is 133 Å². The summed E-state index contributed by atoms with van der Waals surface area (Å²) in [7, 11) is 0. The first kappa shape index (κ1) is 16.3. The minimum absolute atomic E-state index is 0.143. The van der Waals surface area contributed by atoms with Crippen molar-refractivity contribution in [3.05, 3.63) is 48.4 Å². The van der Waals surface area contributed by atoms with Crippen LogP contribution in [0.2, 0.25) is 0 Å². The molecule has 120 valence electrons. The van der Waals surface area contributed by atoms with Crippen molar-refractivity contribution in [2.24, 2.45) is 0 Å². The first-order chi connectivity index (χ1) is 11.0. The van der Waals surface area contributed by atoms with Crippen molar-refractivity contribution < 1.29 is 18.8 Å². The zero-order chi connectivity index (χ0) is 16.8. The molecule has 7 nitrogen and oxygen atoms in total. The molecule has 0 aliphatic rings. The molecule has 3 amide bonds. The van der Waals surface area contributed by atoms with Gasteiger partial charge < -0.3 is 20.4 Å². The Morgan fingerprint density at radius 3 is 2.13 bits per heavy atom. The van der Waals surface area contributed by atoms with Crippen LogP contribution in [0.1, 0.15) is 24.4 Å². The lowest BCUT2D eigenvalue weighted by atomic mass is 10.2. The van der Waals surface area contributed by atoms with Crippen molar-refractivity contribution in [3.63, 3.8) is 0 Å². The number of amides is 3. The van der Waals surface area contributed by atoms with Gasteiger partial charge in [0.2, 0.25) is 11.8 Å². The van der Waals surface area contributed by atoms with E-state index in [0.29, 0.717) is 11.4 Å². The molecule has 0 unspecified atom stereocenters. The molecule has 1 atom stereocenters. The van der Waals surface area contributed by atoms with Gasteiger partial charge in [-0.25, -0.2) is 0 Å². The SMILES string of the molecule is CC(=O)Nc1ccc(NC(=O)[C@@H](C)NC(=O)c2ccco2)cc1. The summed E-state index contributed by atoms with van der Waals surface area (Å²) in [5, 5.41) is 7.84. The number of hydrogen-bond donors (Lipinski definition) is 3. The maximum absolute atomic E-state index is 12.1. The smallest absolute Gasteiger partial charge is 0.287 e. The Hall–Kier alpha value is -3.09. The van der Waals surface area contributed by atoms with Crippen molar-refractivity contribution in [1.82, 2.24) is 5.32 Å². The van der Waals surface area contributed by atoms with Crippen LogP contribution in [-0.4, -0.2) is 23.8 Å². The standard InChI is InChI=1S/C16H17N3O4/c1-10(17-16(22)14-4-3-9-23-14)15(21)19-13-7-5-12(6-8-13)18-11(2)20/h3-10H,1-2H3,(H,17,22)(H,18,20)(H,19,21)/t10-/m1/s1. The Balaban J connectivity index is 1.90. The number of benzene rings is 1. The van der Waals surface area contributed by atoms with E-state index in [-0.39, 0.29) is 17.6 Å². The van der Waals surface area contributed by atoms with Crippen LogP contribution in [0.5, 0.6) is 0 Å². The summed E-state index contributed by atoms with van der Waals surface area (Å²) < 4.78 is 4.96. The summed E-state index contributed by atoms with van der Waals surface area (Å²) >= 11 is 0. The molecular formula is C16H17N3O4. The molecule has 0 fully saturated rings. The number of nitrogens with one attached hydrogen (secondary N) is 3. The van der Waals surface area contributed by atoms with Crippen molar-refractivity contribution in [1.29, 1.82) is 0 Å². The van der Waals surface area contributed by atoms with Crippen LogP contribution in [0.4, 0.5) is 11.4 Å². The van der Waals surface area contributed by atoms with Crippen molar-refractivity contribution in [2.45, 2.75) is 19.9 Å². The summed E-state index contributed by atoms with van der Waals surface area (Å²) in [6, 6.07) is 9.03. The second kappa shape index (κ2) is 7.26. The highest BCUT2D eigenvalue weighted by molar-refractivity contribution is 6.00. The number of rotatable bonds is 5. The summed E-state index contributed by atoms with van der Waals surface area (Å²) in [6.45, 7) is 2.99. The molecule has 2 aromatic rings. The average molecular weight is 315 g/mol. The number of hydrogen-bond acceptors (Lipinski definition) is 4. The summed E-state index contributed by atoms with van der Waals surface area (Å²) in [5.74, 6) is -0.851. The van der Waals surface area contributed by atoms with Crippen LogP contribution in [0, 0.1) is 0 Å². The monoisotopic (exact) mass is 315 g/mol. The van der Waals surface area contributed by atoms with Gasteiger partial charge in [-0.15, -0.1) is 0 Å². The highest BCUT2D eigenvalue weighted by Crippen LogP contribution is 2.13. The van der Waals surface area contributed by atoms with Crippen LogP contribution in [0.3, 0.4) is 0 Å². The molecule has 23 heavy (non-hydrogen) atoms. The zero-order valence-electron chi connectivity index (χ0n) is 12.8. The van der Waals surface area contributed by atoms with E-state index in [0.717, 1.165) is 0 Å². The fourth-order valence-corrected chi connectivity index (χ4v) is 1.83. The molecule has 0 bridgehead atoms. The summed E-state index contributed by atoms with van der Waals surface area (Å²) in [5.41, 5.74) is 1.19. The summed E-state index contributed by atoms with van der Waals surface area (Å²) in [4.78, 5) is 34.8. The molecule has 1 aromatic carbocycles. The van der Waals surface area contributed by atoms with Crippen molar-refractivity contribution >= 4 is 29.1 Å². The molecule has 0 aliphatic carbocycles. The largest absolute Gasteiger partial charge is 0.459 e. The Morgan fingerprint density at radius 1 is 1.00 bits per heavy atom. The van der Waals surface area contributed by atoms with E-state index >= 15 is 0 Å². The molecule has 0 saturated heterocycles. The van der Waals surface area contributed by atoms with Gasteiger partial charge in [0.25, 0.3) is 5.91 Å². The molecule has 2 rings (SSSR count). The second-order valence-corrected chi connectivity index (χ2v) is 4.92. The molecule has 0 radical (unpaired) electrons. The van der Waals surface area contributed by atoms with Gasteiger partial charge >= 0.3 is 0 Å². The number of anilines is 2. The fraction of sp³-hybridized carbons (Fsp3) is 0.188. The molecule has 0 saturated carbocycles. The van der Waals surface area contributed by atoms with E-state index in [9.17, 15) is 14.4 Å². The Morgan fingerprint density at radius 2 is 1.61 bits per heavy atom. The highest BCUT2D eigenvalue weighted by Gasteiger charge is 2.18. The molecule has 1 aromatic heterocycles. The quantitative estimate of drug-likeness (QED) is 0.785. The van der Waals surface area contributed by atoms with Gasteiger partial charge in [-0.2, -0.15) is 0 Å². The maximum atomic E-state index is 12.1. The normalized spacial score (nSPS) is 11.4. The van der Waals surface area contributed by atoms with Crippen LogP contribution in [0.15, 0.2) is 47.1 Å². The third kappa shape index (κ3) is 4.70. The average Bonchev–Trinajstić information content (AvgIpc) is 3.03. The lowest BCUT2D eigenvalue weighted by Gasteiger charge is -2.13. The van der Waals surface area contributed by atoms with Crippen molar-refractivity contribution in [2.75, 3.05) is 10.6 Å². The predicted octanol–water partition coefficient (Wildman–Crippen LogP) is 1.99. The second-order valence-electron chi connectivity index (χ2n) is 4.92. The molecule has 1 heterocycles. The van der Waals surface area contributed by atoms with Gasteiger partial charge in [-0.05, 0) is 43.3 Å². The van der Waals surface area contributed by atoms with Crippen LogP contribution >= 0.6 is 0 Å². The zero-order valence-corrected chi connectivity index (χ0v) is 12.8. The number of furan rings is 1. The van der Waals surface area contributed by atoms with Gasteiger partial charge in [0.15, 0.2) is 5.76 Å². The van der Waals surface area contributed by atoms with E-state index in [1.54, 1.807) is 37.3 Å². The van der Waals surface area contributed by atoms with E-state index in [1.165, 1.54) is 19.3 Å². The van der Waals surface area contributed by atoms with Crippen molar-refractivity contribution in [3.8, 4) is 0 Å². The van der Waals surface area contributed by atoms with E-state index in [2.05, 4.69) is 16.0 Å². The van der Waals surface area contributed by atoms with E-state index < -0.39 is 11.9 Å². The third-order valence-corrected chi connectivity index (χ3v) is 2.96. The van der Waals surface area contributed by atoms with Crippen LogP contribution < -0.4 is 16.0 Å². The van der Waals surface area contributed by atoms with Gasteiger partial charge in [0, 0.05) is 18.3 Å². The molecule has 0 spiro atoms. The highest BCUT2D eigenvalue weighted by atomic mass is 16.3. The van der Waals surface area contributed by atoms with Gasteiger partial charge in [-0.1, -0.05) is 0 Å². The lowest BCUT2D eigenvalue weighted by Crippen LogP contribution is -2.41. The number of carbonyl (C=O) groups excluding carboxylic acids is 3. The summed E-state index contributed by atoms with van der Waals surface area (Å²) in [6.07, 6.45) is 1.39. The van der Waals surface area contributed by atoms with Gasteiger partial charge in [0.05, 0.1) is 6.26 Å². The fourth-order valence-electron chi connectivity index (χ4n) is 1.83. The Kier molecular flexibility index (Phi) is 5.14. The first-order valence-corrected chi connectivity index (χ1v) is 6.98. The Bertz CT molecular complexity index is 693. The minimum Gasteiger partial charge on any atom is -0.459 e. The first-order valence-electron chi connectivity index (χ1n) is 6.98. The molecule has 7 heteroatoms. The minimum atomic E-state index is -0.734. The topological polar surface area (TPSA) is 100 Å². The lowest BCUT2D eigenvalue weighted by molar-refractivity contribution is -0.117. The molecular weight excluding hydrogens is 298 g/mol. The van der Waals surface area contributed by atoms with Crippen LogP contribution in [0.25, 0.3) is 0 Å². The van der Waals surface area contributed by atoms with Crippen LogP contribution in [-0.2, 0) is 9.59 Å². The third-order valence-electron chi connectivity index (χ3n) is 2.96. The maximum Gasteiger partial charge on any atom is 0.287 e. The molecule has 3 N–H and O–H groups in total. The predicted molar refractivity (Wildman–Crippen MR) is 85.0 cm³/mol. The van der Waals surface area contributed by atoms with Gasteiger partial charge in [-0.3, -0.25) is 14.4 Å². The van der Waals surface area contributed by atoms with E-state index in [1.807, 2.05) is 0 Å².